The zero-order valence-electron chi connectivity index (χ0n) is 8.80. The number of hydrogen-bond donors (Lipinski definition) is 0. The smallest absolute Gasteiger partial charge is 0.0319 e. The standard InChI is InChI=1S/C13H23/c1-2-4-6-8-10-12-13-11-9-7-5-3-1/h1-2,5H,3-4,6-13H2. The molecule has 1 aliphatic carbocycles. The number of hydrogen-bond acceptors (Lipinski definition) is 0. The topological polar surface area (TPSA) is 0 Å². The largest absolute Gasteiger partial charge is 0.0885 e. The highest BCUT2D eigenvalue weighted by molar-refractivity contribution is 4.86. The van der Waals surface area contributed by atoms with Crippen LogP contribution in [0, 0.1) is 6.42 Å². The van der Waals surface area contributed by atoms with Gasteiger partial charge in [0.1, 0.15) is 0 Å². The Morgan fingerprint density at radius 3 is 1.92 bits per heavy atom. The van der Waals surface area contributed by atoms with Crippen molar-refractivity contribution < 1.29 is 0 Å². The fraction of sp³-hybridized carbons (Fsp3) is 0.769. The summed E-state index contributed by atoms with van der Waals surface area (Å²) >= 11 is 0. The van der Waals surface area contributed by atoms with Crippen LogP contribution in [0.25, 0.3) is 0 Å². The molecule has 75 valence electrons. The van der Waals surface area contributed by atoms with Crippen LogP contribution in [0.5, 0.6) is 0 Å². The third-order valence-corrected chi connectivity index (χ3v) is 2.75. The second kappa shape index (κ2) is 8.34. The van der Waals surface area contributed by atoms with E-state index in [2.05, 4.69) is 18.6 Å². The molecule has 0 saturated heterocycles. The van der Waals surface area contributed by atoms with E-state index < -0.39 is 0 Å². The van der Waals surface area contributed by atoms with Gasteiger partial charge >= 0.3 is 0 Å². The van der Waals surface area contributed by atoms with Gasteiger partial charge < -0.3 is 0 Å². The maximum atomic E-state index is 2.42. The van der Waals surface area contributed by atoms with E-state index in [1.807, 2.05) is 0 Å². The van der Waals surface area contributed by atoms with Crippen LogP contribution in [0.15, 0.2) is 12.2 Å². The SMILES string of the molecule is [CH]1CC=CCCCCCCCCC1. The number of allylic oxidation sites excluding steroid dienone is 2. The average Bonchev–Trinajstić information content (AvgIpc) is 2.18. The molecule has 0 N–H and O–H groups in total. The molecule has 13 heavy (non-hydrogen) atoms. The minimum absolute atomic E-state index is 1.19. The Balaban J connectivity index is 2.09. The molecule has 1 rings (SSSR count). The molecule has 1 aliphatic rings. The van der Waals surface area contributed by atoms with Gasteiger partial charge in [-0.15, -0.1) is 0 Å². The predicted octanol–water partition coefficient (Wildman–Crippen LogP) is 4.66. The molecular weight excluding hydrogens is 156 g/mol. The molecule has 0 unspecified atom stereocenters. The van der Waals surface area contributed by atoms with Gasteiger partial charge in [0.25, 0.3) is 0 Å². The van der Waals surface area contributed by atoms with Crippen molar-refractivity contribution in [3.63, 3.8) is 0 Å². The quantitative estimate of drug-likeness (QED) is 0.474. The van der Waals surface area contributed by atoms with Crippen LogP contribution in [0.4, 0.5) is 0 Å². The van der Waals surface area contributed by atoms with Gasteiger partial charge in [0.2, 0.25) is 0 Å². The Bertz CT molecular complexity index is 110. The second-order valence-electron chi connectivity index (χ2n) is 4.05. The first-order chi connectivity index (χ1) is 6.50. The van der Waals surface area contributed by atoms with Crippen LogP contribution in [-0.2, 0) is 0 Å². The summed E-state index contributed by atoms with van der Waals surface area (Å²) in [5.41, 5.74) is 0. The van der Waals surface area contributed by atoms with Crippen LogP contribution in [0.2, 0.25) is 0 Å². The minimum atomic E-state index is 1.19. The van der Waals surface area contributed by atoms with Gasteiger partial charge in [0, 0.05) is 0 Å². The predicted molar refractivity (Wildman–Crippen MR) is 59.6 cm³/mol. The molecule has 1 radical (unpaired) electrons. The van der Waals surface area contributed by atoms with Gasteiger partial charge in [0.05, 0.1) is 0 Å². The summed E-state index contributed by atoms with van der Waals surface area (Å²) in [4.78, 5) is 0. The fourth-order valence-corrected chi connectivity index (χ4v) is 1.86. The molecule has 0 nitrogen and oxygen atoms in total. The van der Waals surface area contributed by atoms with Crippen molar-refractivity contribution in [1.82, 2.24) is 0 Å². The Labute approximate surface area is 83.4 Å². The van der Waals surface area contributed by atoms with Crippen LogP contribution in [0.1, 0.15) is 64.2 Å². The first kappa shape index (κ1) is 10.8. The molecule has 0 amide bonds. The summed E-state index contributed by atoms with van der Waals surface area (Å²) in [5.74, 6) is 0. The van der Waals surface area contributed by atoms with Crippen molar-refractivity contribution >= 4 is 0 Å². The highest BCUT2D eigenvalue weighted by Gasteiger charge is 1.93. The monoisotopic (exact) mass is 179 g/mol. The van der Waals surface area contributed by atoms with E-state index in [-0.39, 0.29) is 0 Å². The van der Waals surface area contributed by atoms with E-state index in [4.69, 9.17) is 0 Å². The van der Waals surface area contributed by atoms with Gasteiger partial charge in [-0.3, -0.25) is 0 Å². The molecule has 0 atom stereocenters. The average molecular weight is 179 g/mol. The highest BCUT2D eigenvalue weighted by atomic mass is 14.0. The van der Waals surface area contributed by atoms with Crippen molar-refractivity contribution in [3.8, 4) is 0 Å². The van der Waals surface area contributed by atoms with Crippen LogP contribution in [-0.4, -0.2) is 0 Å². The maximum Gasteiger partial charge on any atom is -0.0319 e. The molecule has 0 aromatic rings. The van der Waals surface area contributed by atoms with Crippen LogP contribution in [0.3, 0.4) is 0 Å². The number of rotatable bonds is 0. The molecule has 0 aliphatic heterocycles. The Morgan fingerprint density at radius 1 is 0.538 bits per heavy atom. The van der Waals surface area contributed by atoms with Crippen molar-refractivity contribution in [3.05, 3.63) is 18.6 Å². The van der Waals surface area contributed by atoms with E-state index in [9.17, 15) is 0 Å². The molecule has 0 heterocycles. The zero-order chi connectivity index (χ0) is 9.19. The first-order valence-corrected chi connectivity index (χ1v) is 5.97. The third kappa shape index (κ3) is 6.86. The zero-order valence-corrected chi connectivity index (χ0v) is 8.80. The van der Waals surface area contributed by atoms with E-state index in [1.54, 1.807) is 0 Å². The maximum absolute atomic E-state index is 2.42. The van der Waals surface area contributed by atoms with Crippen molar-refractivity contribution in [2.45, 2.75) is 64.2 Å². The fourth-order valence-electron chi connectivity index (χ4n) is 1.86. The lowest BCUT2D eigenvalue weighted by Crippen LogP contribution is -1.80. The van der Waals surface area contributed by atoms with E-state index >= 15 is 0 Å². The molecule has 0 fully saturated rings. The summed E-state index contributed by atoms with van der Waals surface area (Å²) in [6, 6.07) is 0. The van der Waals surface area contributed by atoms with Gasteiger partial charge in [-0.2, -0.15) is 0 Å². The lowest BCUT2D eigenvalue weighted by atomic mass is 10.1. The van der Waals surface area contributed by atoms with Gasteiger partial charge in [-0.25, -0.2) is 0 Å². The van der Waals surface area contributed by atoms with Crippen LogP contribution < -0.4 is 0 Å². The Kier molecular flexibility index (Phi) is 6.94. The van der Waals surface area contributed by atoms with Gasteiger partial charge in [-0.1, -0.05) is 50.7 Å². The van der Waals surface area contributed by atoms with Crippen molar-refractivity contribution in [2.75, 3.05) is 0 Å². The van der Waals surface area contributed by atoms with E-state index in [1.165, 1.54) is 64.2 Å². The van der Waals surface area contributed by atoms with E-state index in [0.717, 1.165) is 0 Å². The Morgan fingerprint density at radius 2 is 1.15 bits per heavy atom. The highest BCUT2D eigenvalue weighted by Crippen LogP contribution is 2.12. The first-order valence-electron chi connectivity index (χ1n) is 5.97. The molecule has 0 aromatic carbocycles. The summed E-state index contributed by atoms with van der Waals surface area (Å²) < 4.78 is 0. The van der Waals surface area contributed by atoms with E-state index in [0.29, 0.717) is 0 Å². The molecule has 0 aromatic heterocycles. The molecule has 0 heteroatoms. The van der Waals surface area contributed by atoms with Crippen molar-refractivity contribution in [1.29, 1.82) is 0 Å². The Hall–Kier alpha value is -0.260. The minimum Gasteiger partial charge on any atom is -0.0885 e. The van der Waals surface area contributed by atoms with Crippen molar-refractivity contribution in [2.24, 2.45) is 0 Å². The molecule has 0 bridgehead atoms. The molecule has 0 spiro atoms. The summed E-state index contributed by atoms with van der Waals surface area (Å²) in [7, 11) is 0. The third-order valence-electron chi connectivity index (χ3n) is 2.75. The second-order valence-corrected chi connectivity index (χ2v) is 4.05. The lowest BCUT2D eigenvalue weighted by Gasteiger charge is -1.99. The molecular formula is C13H23. The molecule has 0 saturated carbocycles. The van der Waals surface area contributed by atoms with Crippen LogP contribution >= 0.6 is 0 Å². The van der Waals surface area contributed by atoms with Gasteiger partial charge in [-0.05, 0) is 32.1 Å². The normalized spacial score (nSPS) is 22.8. The lowest BCUT2D eigenvalue weighted by molar-refractivity contribution is 0.580. The summed E-state index contributed by atoms with van der Waals surface area (Å²) in [5, 5.41) is 0. The van der Waals surface area contributed by atoms with Gasteiger partial charge in [0.15, 0.2) is 0 Å². The summed E-state index contributed by atoms with van der Waals surface area (Å²) in [6.07, 6.45) is 21.0. The summed E-state index contributed by atoms with van der Waals surface area (Å²) in [6.45, 7) is 0.